The summed E-state index contributed by atoms with van der Waals surface area (Å²) in [5.74, 6) is 0.633. The number of nitrogens with zero attached hydrogens (tertiary/aromatic N) is 1. The zero-order valence-corrected chi connectivity index (χ0v) is 11.5. The smallest absolute Gasteiger partial charge is 0.150 e. The Bertz CT molecular complexity index is 349. The zero-order chi connectivity index (χ0) is 12.5. The Morgan fingerprint density at radius 2 is 1.88 bits per heavy atom. The summed E-state index contributed by atoms with van der Waals surface area (Å²) in [7, 11) is -2.80. The van der Waals surface area contributed by atoms with Crippen LogP contribution in [0.5, 0.6) is 0 Å². The monoisotopic (exact) mass is 260 g/mol. The first kappa shape index (κ1) is 13.3. The summed E-state index contributed by atoms with van der Waals surface area (Å²) in [4.78, 5) is 2.52. The molecular weight excluding hydrogens is 236 g/mol. The van der Waals surface area contributed by atoms with Crippen molar-refractivity contribution >= 4 is 9.84 Å². The van der Waals surface area contributed by atoms with E-state index in [1.54, 1.807) is 0 Å². The second-order valence-electron chi connectivity index (χ2n) is 5.50. The lowest BCUT2D eigenvalue weighted by Gasteiger charge is -2.46. The Morgan fingerprint density at radius 1 is 1.29 bits per heavy atom. The number of rotatable bonds is 5. The van der Waals surface area contributed by atoms with Gasteiger partial charge < -0.3 is 5.73 Å². The third kappa shape index (κ3) is 2.83. The van der Waals surface area contributed by atoms with E-state index in [9.17, 15) is 8.42 Å². The molecule has 0 atom stereocenters. The molecule has 2 N–H and O–H groups in total. The lowest BCUT2D eigenvalue weighted by atomic mass is 9.89. The highest BCUT2D eigenvalue weighted by Crippen LogP contribution is 2.38. The molecular formula is C12H24N2O2S. The van der Waals surface area contributed by atoms with Gasteiger partial charge in [-0.25, -0.2) is 8.42 Å². The molecule has 0 bridgehead atoms. The summed E-state index contributed by atoms with van der Waals surface area (Å²) in [6.07, 6.45) is 5.08. The molecule has 0 aromatic rings. The lowest BCUT2D eigenvalue weighted by Crippen LogP contribution is -2.58. The Hall–Kier alpha value is -0.130. The summed E-state index contributed by atoms with van der Waals surface area (Å²) >= 11 is 0. The third-order valence-corrected chi connectivity index (χ3v) is 5.85. The number of hydrogen-bond donors (Lipinski definition) is 1. The highest BCUT2D eigenvalue weighted by molar-refractivity contribution is 7.91. The van der Waals surface area contributed by atoms with Crippen LogP contribution >= 0.6 is 0 Å². The average Bonchev–Trinajstić information content (AvgIpc) is 3.11. The zero-order valence-electron chi connectivity index (χ0n) is 10.7. The van der Waals surface area contributed by atoms with Gasteiger partial charge in [0.2, 0.25) is 0 Å². The largest absolute Gasteiger partial charge is 0.329 e. The number of hydrogen-bond acceptors (Lipinski definition) is 4. The van der Waals surface area contributed by atoms with E-state index in [2.05, 4.69) is 11.8 Å². The first-order valence-corrected chi connectivity index (χ1v) is 8.52. The fourth-order valence-electron chi connectivity index (χ4n) is 2.96. The maximum atomic E-state index is 11.6. The van der Waals surface area contributed by atoms with Crippen molar-refractivity contribution in [3.8, 4) is 0 Å². The summed E-state index contributed by atoms with van der Waals surface area (Å²) in [6, 6.07) is 0.666. The van der Waals surface area contributed by atoms with Gasteiger partial charge in [-0.15, -0.1) is 0 Å². The Kier molecular flexibility index (Phi) is 3.80. The van der Waals surface area contributed by atoms with Gasteiger partial charge in [0.15, 0.2) is 0 Å². The van der Waals surface area contributed by atoms with E-state index in [1.165, 1.54) is 12.8 Å². The summed E-state index contributed by atoms with van der Waals surface area (Å²) in [6.45, 7) is 3.83. The molecule has 0 aromatic carbocycles. The van der Waals surface area contributed by atoms with Crippen molar-refractivity contribution in [2.45, 2.75) is 50.6 Å². The van der Waals surface area contributed by atoms with E-state index in [4.69, 9.17) is 5.73 Å². The molecule has 1 heterocycles. The van der Waals surface area contributed by atoms with Gasteiger partial charge >= 0.3 is 0 Å². The first-order valence-electron chi connectivity index (χ1n) is 6.70. The summed E-state index contributed by atoms with van der Waals surface area (Å²) in [5, 5.41) is 0. The SMILES string of the molecule is CCCN(C1CC1)C1(CN)CCS(=O)(=O)CC1. The Balaban J connectivity index is 2.12. The first-order chi connectivity index (χ1) is 8.03. The molecule has 5 heteroatoms. The van der Waals surface area contributed by atoms with Crippen molar-refractivity contribution in [1.29, 1.82) is 0 Å². The van der Waals surface area contributed by atoms with Crippen molar-refractivity contribution < 1.29 is 8.42 Å². The second-order valence-corrected chi connectivity index (χ2v) is 7.81. The second kappa shape index (κ2) is 4.86. The van der Waals surface area contributed by atoms with E-state index in [-0.39, 0.29) is 5.54 Å². The minimum atomic E-state index is -2.80. The van der Waals surface area contributed by atoms with Gasteiger partial charge in [0.1, 0.15) is 9.84 Å². The molecule has 1 saturated heterocycles. The number of nitrogens with two attached hydrogens (primary N) is 1. The molecule has 1 aliphatic heterocycles. The van der Waals surface area contributed by atoms with Crippen LogP contribution in [0.3, 0.4) is 0 Å². The maximum Gasteiger partial charge on any atom is 0.150 e. The van der Waals surface area contributed by atoms with Crippen LogP contribution in [0.25, 0.3) is 0 Å². The van der Waals surface area contributed by atoms with Crippen molar-refractivity contribution in [2.75, 3.05) is 24.6 Å². The van der Waals surface area contributed by atoms with Crippen LogP contribution in [0.4, 0.5) is 0 Å². The van der Waals surface area contributed by atoms with Gasteiger partial charge in [-0.2, -0.15) is 0 Å². The molecule has 0 radical (unpaired) electrons. The van der Waals surface area contributed by atoms with Gasteiger partial charge in [0.05, 0.1) is 11.5 Å². The quantitative estimate of drug-likeness (QED) is 0.793. The molecule has 2 rings (SSSR count). The summed E-state index contributed by atoms with van der Waals surface area (Å²) < 4.78 is 23.1. The maximum absolute atomic E-state index is 11.6. The van der Waals surface area contributed by atoms with Crippen LogP contribution in [0.2, 0.25) is 0 Å². The highest BCUT2D eigenvalue weighted by atomic mass is 32.2. The van der Waals surface area contributed by atoms with Gasteiger partial charge in [0.25, 0.3) is 0 Å². The fraction of sp³-hybridized carbons (Fsp3) is 1.00. The number of sulfone groups is 1. The predicted octanol–water partition coefficient (Wildman–Crippen LogP) is 0.767. The standard InChI is InChI=1S/C12H24N2O2S/c1-2-7-14(11-3-4-11)12(10-13)5-8-17(15,16)9-6-12/h11H,2-10,13H2,1H3. The molecule has 100 valence electrons. The minimum absolute atomic E-state index is 0.0392. The van der Waals surface area contributed by atoms with E-state index < -0.39 is 9.84 Å². The molecule has 0 spiro atoms. The van der Waals surface area contributed by atoms with Crippen LogP contribution in [0.1, 0.15) is 39.0 Å². The van der Waals surface area contributed by atoms with Crippen LogP contribution in [-0.2, 0) is 9.84 Å². The van der Waals surface area contributed by atoms with Gasteiger partial charge in [-0.3, -0.25) is 4.90 Å². The average molecular weight is 260 g/mol. The molecule has 2 aliphatic rings. The van der Waals surface area contributed by atoms with Crippen molar-refractivity contribution in [3.63, 3.8) is 0 Å². The Labute approximate surface area is 104 Å². The van der Waals surface area contributed by atoms with Crippen molar-refractivity contribution in [1.82, 2.24) is 4.90 Å². The molecule has 0 aromatic heterocycles. The normalized spacial score (nSPS) is 27.2. The van der Waals surface area contributed by atoms with Gasteiger partial charge in [0, 0.05) is 18.1 Å². The highest BCUT2D eigenvalue weighted by Gasteiger charge is 2.45. The topological polar surface area (TPSA) is 63.4 Å². The fourth-order valence-corrected chi connectivity index (χ4v) is 4.55. The van der Waals surface area contributed by atoms with E-state index >= 15 is 0 Å². The van der Waals surface area contributed by atoms with Gasteiger partial charge in [-0.1, -0.05) is 6.92 Å². The predicted molar refractivity (Wildman–Crippen MR) is 69.7 cm³/mol. The van der Waals surface area contributed by atoms with Crippen LogP contribution in [-0.4, -0.2) is 49.5 Å². The van der Waals surface area contributed by atoms with Crippen LogP contribution < -0.4 is 5.73 Å². The molecule has 1 aliphatic carbocycles. The minimum Gasteiger partial charge on any atom is -0.329 e. The molecule has 1 saturated carbocycles. The molecule has 2 fully saturated rings. The van der Waals surface area contributed by atoms with Crippen LogP contribution in [0.15, 0.2) is 0 Å². The van der Waals surface area contributed by atoms with E-state index in [0.29, 0.717) is 24.1 Å². The van der Waals surface area contributed by atoms with Gasteiger partial charge in [-0.05, 0) is 38.6 Å². The summed E-state index contributed by atoms with van der Waals surface area (Å²) in [5.41, 5.74) is 5.95. The van der Waals surface area contributed by atoms with Crippen LogP contribution in [0, 0.1) is 0 Å². The molecule has 4 nitrogen and oxygen atoms in total. The lowest BCUT2D eigenvalue weighted by molar-refractivity contribution is 0.0741. The molecule has 17 heavy (non-hydrogen) atoms. The van der Waals surface area contributed by atoms with E-state index in [0.717, 1.165) is 25.8 Å². The van der Waals surface area contributed by atoms with Crippen molar-refractivity contribution in [2.24, 2.45) is 5.73 Å². The Morgan fingerprint density at radius 3 is 2.29 bits per heavy atom. The molecule has 0 unspecified atom stereocenters. The van der Waals surface area contributed by atoms with Crippen molar-refractivity contribution in [3.05, 3.63) is 0 Å². The third-order valence-electron chi connectivity index (χ3n) is 4.20. The molecule has 0 amide bonds. The van der Waals surface area contributed by atoms with E-state index in [1.807, 2.05) is 0 Å².